The molecule has 0 bridgehead atoms. The van der Waals surface area contributed by atoms with E-state index in [1.807, 2.05) is 0 Å². The van der Waals surface area contributed by atoms with Gasteiger partial charge in [0.15, 0.2) is 5.58 Å². The zero-order valence-electron chi connectivity index (χ0n) is 11.9. The normalized spacial score (nSPS) is 22.5. The van der Waals surface area contributed by atoms with E-state index < -0.39 is 5.76 Å². The highest BCUT2D eigenvalue weighted by Crippen LogP contribution is 2.31. The van der Waals surface area contributed by atoms with E-state index in [9.17, 15) is 9.90 Å². The largest absolute Gasteiger partial charge is 0.417 e. The monoisotopic (exact) mass is 291 g/mol. The van der Waals surface area contributed by atoms with Gasteiger partial charge < -0.3 is 20.6 Å². The maximum atomic E-state index is 11.2. The zero-order valence-corrected chi connectivity index (χ0v) is 11.9. The van der Waals surface area contributed by atoms with E-state index in [0.29, 0.717) is 28.6 Å². The second kappa shape index (κ2) is 5.81. The Labute approximate surface area is 122 Å². The van der Waals surface area contributed by atoms with Crippen molar-refractivity contribution in [1.82, 2.24) is 4.98 Å². The van der Waals surface area contributed by atoms with Gasteiger partial charge in [-0.25, -0.2) is 4.79 Å². The molecule has 0 radical (unpaired) electrons. The highest BCUT2D eigenvalue weighted by Gasteiger charge is 2.24. The number of aliphatic hydroxyl groups excluding tert-OH is 1. The number of aromatic nitrogens is 1. The van der Waals surface area contributed by atoms with Gasteiger partial charge in [-0.05, 0) is 30.7 Å². The third-order valence-corrected chi connectivity index (χ3v) is 4.45. The average Bonchev–Trinajstić information content (AvgIpc) is 2.84. The SMILES string of the molecule is Nc1cc2oc(=O)[nH]c2cc1NCC1CCCCC1CO. The maximum Gasteiger partial charge on any atom is 0.417 e. The van der Waals surface area contributed by atoms with Gasteiger partial charge in [-0.1, -0.05) is 12.8 Å². The van der Waals surface area contributed by atoms with Crippen LogP contribution in [0, 0.1) is 11.8 Å². The Bertz CT molecular complexity index is 676. The van der Waals surface area contributed by atoms with E-state index >= 15 is 0 Å². The number of benzene rings is 1. The number of hydrogen-bond acceptors (Lipinski definition) is 5. The molecule has 114 valence electrons. The lowest BCUT2D eigenvalue weighted by molar-refractivity contribution is 0.141. The van der Waals surface area contributed by atoms with Crippen LogP contribution in [-0.2, 0) is 0 Å². The van der Waals surface area contributed by atoms with Gasteiger partial charge in [0.05, 0.1) is 16.9 Å². The topological polar surface area (TPSA) is 104 Å². The summed E-state index contributed by atoms with van der Waals surface area (Å²) in [5, 5.41) is 12.8. The molecule has 1 aromatic heterocycles. The molecule has 6 nitrogen and oxygen atoms in total. The second-order valence-corrected chi connectivity index (χ2v) is 5.82. The first-order chi connectivity index (χ1) is 10.2. The first kappa shape index (κ1) is 14.0. The number of nitrogens with one attached hydrogen (secondary N) is 2. The first-order valence-corrected chi connectivity index (χ1v) is 7.44. The fraction of sp³-hybridized carbons (Fsp3) is 0.533. The molecule has 0 saturated heterocycles. The number of oxazole rings is 1. The van der Waals surface area contributed by atoms with Crippen molar-refractivity contribution in [2.24, 2.45) is 11.8 Å². The summed E-state index contributed by atoms with van der Waals surface area (Å²) in [5.41, 5.74) is 8.45. The molecule has 0 amide bonds. The number of fused-ring (bicyclic) bond motifs is 1. The van der Waals surface area contributed by atoms with Gasteiger partial charge >= 0.3 is 5.76 Å². The summed E-state index contributed by atoms with van der Waals surface area (Å²) < 4.78 is 4.98. The van der Waals surface area contributed by atoms with Crippen molar-refractivity contribution < 1.29 is 9.52 Å². The van der Waals surface area contributed by atoms with Gasteiger partial charge in [-0.3, -0.25) is 4.98 Å². The summed E-state index contributed by atoms with van der Waals surface area (Å²) in [7, 11) is 0. The Kier molecular flexibility index (Phi) is 3.88. The van der Waals surface area contributed by atoms with Crippen molar-refractivity contribution in [2.75, 3.05) is 24.2 Å². The Morgan fingerprint density at radius 1 is 1.33 bits per heavy atom. The van der Waals surface area contributed by atoms with Gasteiger partial charge in [0.1, 0.15) is 0 Å². The molecule has 6 heteroatoms. The quantitative estimate of drug-likeness (QED) is 0.644. The number of anilines is 2. The Morgan fingerprint density at radius 3 is 2.86 bits per heavy atom. The summed E-state index contributed by atoms with van der Waals surface area (Å²) in [6.45, 7) is 1.03. The first-order valence-electron chi connectivity index (χ1n) is 7.44. The zero-order chi connectivity index (χ0) is 14.8. The number of nitrogen functional groups attached to an aromatic ring is 1. The molecular formula is C15H21N3O3. The Hall–Kier alpha value is -1.95. The average molecular weight is 291 g/mol. The Morgan fingerprint density at radius 2 is 2.10 bits per heavy atom. The highest BCUT2D eigenvalue weighted by atomic mass is 16.4. The molecule has 1 aliphatic rings. The lowest BCUT2D eigenvalue weighted by Crippen LogP contribution is -2.28. The summed E-state index contributed by atoms with van der Waals surface area (Å²) >= 11 is 0. The molecule has 3 rings (SSSR count). The van der Waals surface area contributed by atoms with Crippen molar-refractivity contribution in [3.8, 4) is 0 Å². The van der Waals surface area contributed by atoms with Gasteiger partial charge in [-0.2, -0.15) is 0 Å². The van der Waals surface area contributed by atoms with Crippen molar-refractivity contribution in [3.63, 3.8) is 0 Å². The van der Waals surface area contributed by atoms with Crippen LogP contribution in [0.15, 0.2) is 21.3 Å². The van der Waals surface area contributed by atoms with Crippen LogP contribution in [0.3, 0.4) is 0 Å². The van der Waals surface area contributed by atoms with Gasteiger partial charge in [0.25, 0.3) is 0 Å². The fourth-order valence-electron chi connectivity index (χ4n) is 3.20. The molecule has 1 saturated carbocycles. The van der Waals surface area contributed by atoms with Crippen LogP contribution in [-0.4, -0.2) is 23.2 Å². The number of aliphatic hydroxyl groups is 1. The molecule has 0 spiro atoms. The number of H-pyrrole nitrogens is 1. The second-order valence-electron chi connectivity index (χ2n) is 5.82. The lowest BCUT2D eigenvalue weighted by Gasteiger charge is -2.30. The third kappa shape index (κ3) is 2.90. The van der Waals surface area contributed by atoms with Crippen LogP contribution in [0.4, 0.5) is 11.4 Å². The molecule has 1 heterocycles. The van der Waals surface area contributed by atoms with E-state index in [2.05, 4.69) is 10.3 Å². The summed E-state index contributed by atoms with van der Waals surface area (Å²) in [5.74, 6) is 0.348. The van der Waals surface area contributed by atoms with Crippen LogP contribution in [0.2, 0.25) is 0 Å². The maximum absolute atomic E-state index is 11.2. The number of hydrogen-bond donors (Lipinski definition) is 4. The van der Waals surface area contributed by atoms with Crippen LogP contribution < -0.4 is 16.8 Å². The molecule has 1 aromatic carbocycles. The minimum atomic E-state index is -0.478. The van der Waals surface area contributed by atoms with Crippen molar-refractivity contribution in [3.05, 3.63) is 22.7 Å². The molecule has 1 fully saturated rings. The van der Waals surface area contributed by atoms with Crippen LogP contribution >= 0.6 is 0 Å². The smallest absolute Gasteiger partial charge is 0.408 e. The van der Waals surface area contributed by atoms with Crippen molar-refractivity contribution >= 4 is 22.5 Å². The Balaban J connectivity index is 1.75. The third-order valence-electron chi connectivity index (χ3n) is 4.45. The molecule has 0 aliphatic heterocycles. The molecule has 2 aromatic rings. The number of nitrogens with two attached hydrogens (primary N) is 1. The van der Waals surface area contributed by atoms with E-state index in [0.717, 1.165) is 25.1 Å². The molecule has 1 aliphatic carbocycles. The lowest BCUT2D eigenvalue weighted by atomic mass is 9.79. The molecule has 2 unspecified atom stereocenters. The molecule has 2 atom stereocenters. The van der Waals surface area contributed by atoms with Crippen LogP contribution in [0.5, 0.6) is 0 Å². The predicted molar refractivity (Wildman–Crippen MR) is 82.3 cm³/mol. The van der Waals surface area contributed by atoms with E-state index in [-0.39, 0.29) is 6.61 Å². The minimum absolute atomic E-state index is 0.246. The van der Waals surface area contributed by atoms with Gasteiger partial charge in [0, 0.05) is 19.2 Å². The number of rotatable bonds is 4. The predicted octanol–water partition coefficient (Wildman–Crippen LogP) is 1.91. The van der Waals surface area contributed by atoms with Crippen molar-refractivity contribution in [1.29, 1.82) is 0 Å². The number of aromatic amines is 1. The van der Waals surface area contributed by atoms with E-state index in [4.69, 9.17) is 10.2 Å². The summed E-state index contributed by atoms with van der Waals surface area (Å²) in [6.07, 6.45) is 4.63. The van der Waals surface area contributed by atoms with E-state index in [1.165, 1.54) is 12.8 Å². The van der Waals surface area contributed by atoms with Gasteiger partial charge in [-0.15, -0.1) is 0 Å². The van der Waals surface area contributed by atoms with E-state index in [1.54, 1.807) is 12.1 Å². The van der Waals surface area contributed by atoms with Crippen molar-refractivity contribution in [2.45, 2.75) is 25.7 Å². The van der Waals surface area contributed by atoms with Crippen LogP contribution in [0.25, 0.3) is 11.1 Å². The van der Waals surface area contributed by atoms with Gasteiger partial charge in [0.2, 0.25) is 0 Å². The fourth-order valence-corrected chi connectivity index (χ4v) is 3.20. The minimum Gasteiger partial charge on any atom is -0.408 e. The highest BCUT2D eigenvalue weighted by molar-refractivity contribution is 5.85. The molecular weight excluding hydrogens is 270 g/mol. The van der Waals surface area contributed by atoms with Crippen LogP contribution in [0.1, 0.15) is 25.7 Å². The molecule has 21 heavy (non-hydrogen) atoms. The molecule has 5 N–H and O–H groups in total. The standard InChI is InChI=1S/C15H21N3O3/c16-11-5-14-13(18-15(20)21-14)6-12(11)17-7-9-3-1-2-4-10(9)8-19/h5-6,9-10,17,19H,1-4,7-8,16H2,(H,18,20). The summed E-state index contributed by atoms with van der Waals surface area (Å²) in [6, 6.07) is 3.45. The summed E-state index contributed by atoms with van der Waals surface area (Å²) in [4.78, 5) is 13.8.